The van der Waals surface area contributed by atoms with Gasteiger partial charge in [0.05, 0.1) is 46.8 Å². The van der Waals surface area contributed by atoms with Crippen LogP contribution < -0.4 is 0 Å². The first-order valence-electron chi connectivity index (χ1n) is 14.4. The first kappa shape index (κ1) is 27.4. The third kappa shape index (κ3) is 5.54. The first-order chi connectivity index (χ1) is 21.0. The van der Waals surface area contributed by atoms with Crippen LogP contribution in [0.25, 0.3) is 11.0 Å². The Morgan fingerprint density at radius 1 is 1.12 bits per heavy atom. The van der Waals surface area contributed by atoms with Gasteiger partial charge in [0.1, 0.15) is 11.6 Å². The molecular weight excluding hydrogens is 563 g/mol. The number of likely N-dealkylation sites (tertiary alicyclic amines) is 1. The largest absolute Gasteiger partial charge is 0.478 e. The summed E-state index contributed by atoms with van der Waals surface area (Å²) in [4.78, 5) is 29.5. The van der Waals surface area contributed by atoms with Crippen LogP contribution in [0.15, 0.2) is 66.3 Å². The number of nitriles is 1. The summed E-state index contributed by atoms with van der Waals surface area (Å²) in [6.45, 7) is 2.24. The van der Waals surface area contributed by atoms with Crippen LogP contribution in [0.5, 0.6) is 0 Å². The topological polar surface area (TPSA) is 108 Å². The Morgan fingerprint density at radius 3 is 2.81 bits per heavy atom. The number of hydrogen-bond donors (Lipinski definition) is 1. The van der Waals surface area contributed by atoms with Crippen molar-refractivity contribution in [2.75, 3.05) is 6.54 Å². The van der Waals surface area contributed by atoms with E-state index in [4.69, 9.17) is 15.2 Å². The predicted molar refractivity (Wildman–Crippen MR) is 160 cm³/mol. The Morgan fingerprint density at radius 2 is 2.02 bits per heavy atom. The van der Waals surface area contributed by atoms with Gasteiger partial charge >= 0.3 is 5.97 Å². The second-order valence-corrected chi connectivity index (χ2v) is 12.4. The van der Waals surface area contributed by atoms with Crippen molar-refractivity contribution in [3.63, 3.8) is 0 Å². The van der Waals surface area contributed by atoms with Gasteiger partial charge in [-0.05, 0) is 86.2 Å². The van der Waals surface area contributed by atoms with Gasteiger partial charge in [0, 0.05) is 34.4 Å². The summed E-state index contributed by atoms with van der Waals surface area (Å²) < 4.78 is 16.5. The zero-order chi connectivity index (χ0) is 29.5. The summed E-state index contributed by atoms with van der Waals surface area (Å²) in [5.41, 5.74) is 6.69. The molecule has 3 aromatic heterocycles. The molecule has 1 aliphatic heterocycles. The molecule has 0 bridgehead atoms. The summed E-state index contributed by atoms with van der Waals surface area (Å²) in [5, 5.41) is 18.6. The average Bonchev–Trinajstić information content (AvgIpc) is 3.53. The lowest BCUT2D eigenvalue weighted by atomic mass is 9.91. The first-order valence-corrected chi connectivity index (χ1v) is 15.3. The quantitative estimate of drug-likeness (QED) is 0.230. The van der Waals surface area contributed by atoms with Crippen LogP contribution in [0.3, 0.4) is 0 Å². The third-order valence-corrected chi connectivity index (χ3v) is 9.54. The highest BCUT2D eigenvalue weighted by atomic mass is 32.1. The second-order valence-electron chi connectivity index (χ2n) is 11.4. The summed E-state index contributed by atoms with van der Waals surface area (Å²) in [7, 11) is 0. The summed E-state index contributed by atoms with van der Waals surface area (Å²) in [6.07, 6.45) is 5.15. The van der Waals surface area contributed by atoms with Gasteiger partial charge in [-0.3, -0.25) is 14.9 Å². The Hall–Kier alpha value is -4.46. The number of carboxylic acids is 1. The monoisotopic (exact) mass is 592 g/mol. The van der Waals surface area contributed by atoms with Gasteiger partial charge in [-0.1, -0.05) is 12.1 Å². The molecular formula is C33H29FN6O2S. The van der Waals surface area contributed by atoms with Gasteiger partial charge in [-0.25, -0.2) is 14.2 Å². The maximum Gasteiger partial charge on any atom is 0.335 e. The van der Waals surface area contributed by atoms with Crippen molar-refractivity contribution < 1.29 is 14.3 Å². The average molecular weight is 593 g/mol. The number of carboxylic acid groups (broad SMARTS) is 1. The molecule has 10 heteroatoms. The second kappa shape index (κ2) is 11.3. The molecule has 5 aromatic rings. The van der Waals surface area contributed by atoms with Crippen LogP contribution in [0.4, 0.5) is 4.39 Å². The molecule has 7 rings (SSSR count). The van der Waals surface area contributed by atoms with Crippen LogP contribution in [0, 0.1) is 23.1 Å². The van der Waals surface area contributed by atoms with Crippen molar-refractivity contribution in [2.24, 2.45) is 5.92 Å². The number of aromatic carboxylic acids is 1. The lowest BCUT2D eigenvalue weighted by molar-refractivity contribution is 0.0697. The minimum Gasteiger partial charge on any atom is -0.478 e. The van der Waals surface area contributed by atoms with Gasteiger partial charge in [-0.15, -0.1) is 11.3 Å². The smallest absolute Gasteiger partial charge is 0.335 e. The van der Waals surface area contributed by atoms with Crippen LogP contribution in [0.1, 0.15) is 62.3 Å². The molecule has 1 N–H and O–H groups in total. The zero-order valence-electron chi connectivity index (χ0n) is 23.4. The van der Waals surface area contributed by atoms with Crippen LogP contribution in [0.2, 0.25) is 0 Å². The standard InChI is InChI=1S/C33H29FN6O2S/c34-27-12-20(15-35)4-5-21(27)6-8-23-2-1-3-28(37-23)25-10-11-39(30-14-26(25)30)18-32-38-29-9-7-22(33(41)42)13-31(29)40(32)17-24-16-36-19-43-24/h1-5,7,9,12-13,16,19,25-26,30H,6,8,10-11,14,17-18H2,(H,41,42)/t25-,26+,30+/m0/s1. The highest BCUT2D eigenvalue weighted by molar-refractivity contribution is 7.09. The summed E-state index contributed by atoms with van der Waals surface area (Å²) in [5.74, 6) is 0.569. The molecule has 2 aromatic carbocycles. The van der Waals surface area contributed by atoms with E-state index in [0.717, 1.165) is 52.5 Å². The van der Waals surface area contributed by atoms with E-state index in [1.807, 2.05) is 23.8 Å². The van der Waals surface area contributed by atoms with Gasteiger partial charge < -0.3 is 9.67 Å². The van der Waals surface area contributed by atoms with E-state index in [1.54, 1.807) is 41.7 Å². The number of benzene rings is 2. The zero-order valence-corrected chi connectivity index (χ0v) is 24.2. The molecule has 0 spiro atoms. The van der Waals surface area contributed by atoms with Crippen LogP contribution in [-0.4, -0.2) is 48.1 Å². The van der Waals surface area contributed by atoms with E-state index in [1.165, 1.54) is 6.07 Å². The van der Waals surface area contributed by atoms with Crippen molar-refractivity contribution in [3.8, 4) is 6.07 Å². The number of imidazole rings is 1. The fourth-order valence-electron chi connectivity index (χ4n) is 6.49. The number of aromatic nitrogens is 4. The number of halogens is 1. The number of aryl methyl sites for hydroxylation is 2. The molecule has 0 amide bonds. The third-order valence-electron chi connectivity index (χ3n) is 8.77. The van der Waals surface area contributed by atoms with E-state index < -0.39 is 5.97 Å². The maximum absolute atomic E-state index is 14.4. The number of piperidine rings is 1. The van der Waals surface area contributed by atoms with Gasteiger partial charge in [0.25, 0.3) is 0 Å². The minimum atomic E-state index is -0.948. The molecule has 2 fully saturated rings. The molecule has 216 valence electrons. The van der Waals surface area contributed by atoms with E-state index in [0.29, 0.717) is 54.9 Å². The van der Waals surface area contributed by atoms with Crippen molar-refractivity contribution in [1.29, 1.82) is 5.26 Å². The van der Waals surface area contributed by atoms with Crippen LogP contribution in [-0.2, 0) is 25.9 Å². The van der Waals surface area contributed by atoms with E-state index in [-0.39, 0.29) is 11.4 Å². The minimum absolute atomic E-state index is 0.254. The summed E-state index contributed by atoms with van der Waals surface area (Å²) >= 11 is 1.58. The maximum atomic E-state index is 14.4. The highest BCUT2D eigenvalue weighted by Crippen LogP contribution is 2.51. The van der Waals surface area contributed by atoms with E-state index in [2.05, 4.69) is 26.6 Å². The number of carbonyl (C=O) groups is 1. The van der Waals surface area contributed by atoms with Gasteiger partial charge in [0.2, 0.25) is 0 Å². The Labute approximate surface area is 252 Å². The fourth-order valence-corrected chi connectivity index (χ4v) is 7.07. The Bertz CT molecular complexity index is 1860. The number of nitrogens with zero attached hydrogens (tertiary/aromatic N) is 6. The van der Waals surface area contributed by atoms with E-state index in [9.17, 15) is 14.3 Å². The Balaban J connectivity index is 1.06. The lowest BCUT2D eigenvalue weighted by Crippen LogP contribution is -2.35. The van der Waals surface area contributed by atoms with Gasteiger partial charge in [-0.2, -0.15) is 5.26 Å². The number of rotatable bonds is 9. The number of fused-ring (bicyclic) bond motifs is 2. The Kier molecular flexibility index (Phi) is 7.21. The number of hydrogen-bond acceptors (Lipinski definition) is 7. The molecule has 8 nitrogen and oxygen atoms in total. The molecule has 4 heterocycles. The predicted octanol–water partition coefficient (Wildman–Crippen LogP) is 5.81. The molecule has 3 atom stereocenters. The molecule has 1 saturated carbocycles. The molecule has 0 unspecified atom stereocenters. The molecule has 1 aliphatic carbocycles. The number of pyridine rings is 1. The SMILES string of the molecule is N#Cc1ccc(CCc2cccc([C@H]3CCN(Cc4nc5ccc(C(=O)O)cc5n4Cc4cncs4)[C@@H]4C[C@H]34)n2)c(F)c1. The van der Waals surface area contributed by atoms with Crippen molar-refractivity contribution in [1.82, 2.24) is 24.4 Å². The van der Waals surface area contributed by atoms with Gasteiger partial charge in [0.15, 0.2) is 0 Å². The summed E-state index contributed by atoms with van der Waals surface area (Å²) in [6, 6.07) is 18.4. The molecule has 43 heavy (non-hydrogen) atoms. The van der Waals surface area contributed by atoms with E-state index >= 15 is 0 Å². The van der Waals surface area contributed by atoms with Crippen molar-refractivity contribution >= 4 is 28.3 Å². The fraction of sp³-hybridized carbons (Fsp3) is 0.303. The van der Waals surface area contributed by atoms with Crippen molar-refractivity contribution in [2.45, 2.75) is 50.7 Å². The molecule has 0 radical (unpaired) electrons. The van der Waals surface area contributed by atoms with Crippen LogP contribution >= 0.6 is 11.3 Å². The molecule has 1 saturated heterocycles. The lowest BCUT2D eigenvalue weighted by Gasteiger charge is -2.31. The normalized spacial score (nSPS) is 19.7. The van der Waals surface area contributed by atoms with Crippen molar-refractivity contribution in [3.05, 3.63) is 111 Å². The number of thiazole rings is 1. The molecule has 2 aliphatic rings. The highest BCUT2D eigenvalue weighted by Gasteiger charge is 2.50.